The standard InChI is InChI=1S/C15H21ClN2O4/c1-4-5-11(15(21)22)17-14(20)13(9(2)3)18-8-10(16)6-7-12(18)19/h6-9,11,13H,4-5H2,1-3H3,(H,17,20)(H,21,22). The van der Waals surface area contributed by atoms with Crippen LogP contribution in [0.15, 0.2) is 23.1 Å². The highest BCUT2D eigenvalue weighted by Gasteiger charge is 2.28. The van der Waals surface area contributed by atoms with Gasteiger partial charge in [-0.25, -0.2) is 4.79 Å². The van der Waals surface area contributed by atoms with E-state index < -0.39 is 24.0 Å². The molecule has 0 fully saturated rings. The van der Waals surface area contributed by atoms with Crippen molar-refractivity contribution >= 4 is 23.5 Å². The molecule has 1 heterocycles. The number of pyridine rings is 1. The van der Waals surface area contributed by atoms with Crippen molar-refractivity contribution in [2.45, 2.75) is 45.7 Å². The van der Waals surface area contributed by atoms with Gasteiger partial charge in [-0.3, -0.25) is 9.59 Å². The number of amides is 1. The molecule has 0 saturated heterocycles. The minimum absolute atomic E-state index is 0.202. The Balaban J connectivity index is 3.10. The molecule has 1 aromatic heterocycles. The molecule has 0 aliphatic heterocycles. The average molecular weight is 329 g/mol. The summed E-state index contributed by atoms with van der Waals surface area (Å²) in [7, 11) is 0. The van der Waals surface area contributed by atoms with Crippen LogP contribution in [0.1, 0.15) is 39.7 Å². The number of nitrogens with one attached hydrogen (secondary N) is 1. The fourth-order valence-corrected chi connectivity index (χ4v) is 2.42. The molecule has 0 saturated carbocycles. The molecule has 0 aromatic carbocycles. The molecule has 7 heteroatoms. The summed E-state index contributed by atoms with van der Waals surface area (Å²) < 4.78 is 1.24. The summed E-state index contributed by atoms with van der Waals surface area (Å²) in [5, 5.41) is 12.0. The number of carboxylic acid groups (broad SMARTS) is 1. The maximum Gasteiger partial charge on any atom is 0.326 e. The Kier molecular flexibility index (Phi) is 6.61. The molecule has 0 radical (unpaired) electrons. The Morgan fingerprint density at radius 2 is 2.00 bits per heavy atom. The monoisotopic (exact) mass is 328 g/mol. The molecule has 0 bridgehead atoms. The van der Waals surface area contributed by atoms with Crippen LogP contribution in [0, 0.1) is 5.92 Å². The first-order valence-corrected chi connectivity index (χ1v) is 7.56. The van der Waals surface area contributed by atoms with Crippen LogP contribution in [0.4, 0.5) is 0 Å². The molecular weight excluding hydrogens is 308 g/mol. The molecule has 0 aliphatic carbocycles. The Labute approximate surface area is 134 Å². The van der Waals surface area contributed by atoms with Gasteiger partial charge in [0.1, 0.15) is 12.1 Å². The van der Waals surface area contributed by atoms with E-state index in [1.54, 1.807) is 13.8 Å². The first-order valence-electron chi connectivity index (χ1n) is 7.18. The quantitative estimate of drug-likeness (QED) is 0.802. The zero-order chi connectivity index (χ0) is 16.9. The fourth-order valence-electron chi connectivity index (χ4n) is 2.25. The first kappa shape index (κ1) is 18.2. The molecule has 1 aromatic rings. The summed E-state index contributed by atoms with van der Waals surface area (Å²) >= 11 is 5.89. The van der Waals surface area contributed by atoms with Gasteiger partial charge in [0.15, 0.2) is 0 Å². The zero-order valence-electron chi connectivity index (χ0n) is 12.9. The van der Waals surface area contributed by atoms with Crippen molar-refractivity contribution in [1.29, 1.82) is 0 Å². The predicted octanol–water partition coefficient (Wildman–Crippen LogP) is 2.07. The Morgan fingerprint density at radius 3 is 2.50 bits per heavy atom. The second-order valence-corrected chi connectivity index (χ2v) is 5.91. The molecule has 122 valence electrons. The van der Waals surface area contributed by atoms with Crippen LogP contribution in [0.5, 0.6) is 0 Å². The highest BCUT2D eigenvalue weighted by Crippen LogP contribution is 2.18. The normalized spacial score (nSPS) is 13.7. The molecule has 1 amide bonds. The van der Waals surface area contributed by atoms with Crippen LogP contribution < -0.4 is 10.9 Å². The maximum absolute atomic E-state index is 12.5. The van der Waals surface area contributed by atoms with Crippen LogP contribution in [-0.2, 0) is 9.59 Å². The van der Waals surface area contributed by atoms with E-state index in [9.17, 15) is 14.4 Å². The van der Waals surface area contributed by atoms with Gasteiger partial charge < -0.3 is 15.0 Å². The summed E-state index contributed by atoms with van der Waals surface area (Å²) in [5.74, 6) is -1.79. The molecule has 2 N–H and O–H groups in total. The van der Waals surface area contributed by atoms with E-state index >= 15 is 0 Å². The smallest absolute Gasteiger partial charge is 0.326 e. The molecule has 0 spiro atoms. The number of carbonyl (C=O) groups excluding carboxylic acids is 1. The third kappa shape index (κ3) is 4.59. The predicted molar refractivity (Wildman–Crippen MR) is 84.1 cm³/mol. The van der Waals surface area contributed by atoms with E-state index in [1.165, 1.54) is 22.9 Å². The van der Waals surface area contributed by atoms with Gasteiger partial charge in [-0.2, -0.15) is 0 Å². The van der Waals surface area contributed by atoms with E-state index in [-0.39, 0.29) is 11.5 Å². The summed E-state index contributed by atoms with van der Waals surface area (Å²) in [5.41, 5.74) is -0.361. The van der Waals surface area contributed by atoms with Gasteiger partial charge in [-0.05, 0) is 18.4 Å². The summed E-state index contributed by atoms with van der Waals surface area (Å²) in [6.07, 6.45) is 2.35. The molecule has 6 nitrogen and oxygen atoms in total. The van der Waals surface area contributed by atoms with Crippen molar-refractivity contribution in [3.05, 3.63) is 33.7 Å². The van der Waals surface area contributed by atoms with Crippen molar-refractivity contribution in [3.63, 3.8) is 0 Å². The van der Waals surface area contributed by atoms with E-state index in [0.29, 0.717) is 17.9 Å². The molecule has 1 rings (SSSR count). The van der Waals surface area contributed by atoms with Crippen molar-refractivity contribution in [3.8, 4) is 0 Å². The van der Waals surface area contributed by atoms with E-state index in [4.69, 9.17) is 16.7 Å². The van der Waals surface area contributed by atoms with Crippen LogP contribution >= 0.6 is 11.6 Å². The topological polar surface area (TPSA) is 88.4 Å². The van der Waals surface area contributed by atoms with Gasteiger partial charge in [-0.1, -0.05) is 38.8 Å². The van der Waals surface area contributed by atoms with Gasteiger partial charge in [0.05, 0.1) is 5.02 Å². The maximum atomic E-state index is 12.5. The summed E-state index contributed by atoms with van der Waals surface area (Å²) in [6.45, 7) is 5.41. The molecule has 22 heavy (non-hydrogen) atoms. The van der Waals surface area contributed by atoms with Gasteiger partial charge in [0, 0.05) is 12.3 Å². The minimum Gasteiger partial charge on any atom is -0.480 e. The Hall–Kier alpha value is -1.82. The van der Waals surface area contributed by atoms with Crippen molar-refractivity contribution in [2.24, 2.45) is 5.92 Å². The van der Waals surface area contributed by atoms with E-state index in [1.807, 2.05) is 6.92 Å². The SMILES string of the molecule is CCCC(NC(=O)C(C(C)C)n1cc(Cl)ccc1=O)C(=O)O. The largest absolute Gasteiger partial charge is 0.480 e. The van der Waals surface area contributed by atoms with Crippen LogP contribution in [0.3, 0.4) is 0 Å². The zero-order valence-corrected chi connectivity index (χ0v) is 13.6. The van der Waals surface area contributed by atoms with Gasteiger partial charge in [-0.15, -0.1) is 0 Å². The number of carboxylic acids is 1. The highest BCUT2D eigenvalue weighted by atomic mass is 35.5. The Morgan fingerprint density at radius 1 is 1.36 bits per heavy atom. The summed E-state index contributed by atoms with van der Waals surface area (Å²) in [6, 6.07) is 0.956. The third-order valence-corrected chi connectivity index (χ3v) is 3.52. The number of aromatic nitrogens is 1. The molecule has 0 aliphatic rings. The minimum atomic E-state index is -1.09. The number of aliphatic carboxylic acids is 1. The second-order valence-electron chi connectivity index (χ2n) is 5.47. The molecular formula is C15H21ClN2O4. The summed E-state index contributed by atoms with van der Waals surface area (Å²) in [4.78, 5) is 35.6. The molecule has 2 atom stereocenters. The van der Waals surface area contributed by atoms with Gasteiger partial charge >= 0.3 is 5.97 Å². The van der Waals surface area contributed by atoms with Gasteiger partial charge in [0.25, 0.3) is 5.56 Å². The van der Waals surface area contributed by atoms with Crippen LogP contribution in [0.2, 0.25) is 5.02 Å². The van der Waals surface area contributed by atoms with Crippen molar-refractivity contribution in [2.75, 3.05) is 0 Å². The number of hydrogen-bond donors (Lipinski definition) is 2. The number of nitrogens with zero attached hydrogens (tertiary/aromatic N) is 1. The number of halogens is 1. The second kappa shape index (κ2) is 7.98. The molecule has 2 unspecified atom stereocenters. The number of carbonyl (C=O) groups is 2. The first-order chi connectivity index (χ1) is 10.3. The van der Waals surface area contributed by atoms with Crippen LogP contribution in [0.25, 0.3) is 0 Å². The highest BCUT2D eigenvalue weighted by molar-refractivity contribution is 6.30. The van der Waals surface area contributed by atoms with Crippen molar-refractivity contribution in [1.82, 2.24) is 9.88 Å². The van der Waals surface area contributed by atoms with Gasteiger partial charge in [0.2, 0.25) is 5.91 Å². The van der Waals surface area contributed by atoms with E-state index in [0.717, 1.165) is 0 Å². The lowest BCUT2D eigenvalue weighted by molar-refractivity contribution is -0.142. The fraction of sp³-hybridized carbons (Fsp3) is 0.533. The van der Waals surface area contributed by atoms with Crippen LogP contribution in [-0.4, -0.2) is 27.6 Å². The lowest BCUT2D eigenvalue weighted by atomic mass is 10.0. The van der Waals surface area contributed by atoms with E-state index in [2.05, 4.69) is 5.32 Å². The lowest BCUT2D eigenvalue weighted by Gasteiger charge is -2.24. The Bertz CT molecular complexity index is 597. The van der Waals surface area contributed by atoms with Crippen molar-refractivity contribution < 1.29 is 14.7 Å². The number of rotatable bonds is 7. The third-order valence-electron chi connectivity index (χ3n) is 3.29. The number of hydrogen-bond acceptors (Lipinski definition) is 3. The average Bonchev–Trinajstić information content (AvgIpc) is 2.42. The lowest BCUT2D eigenvalue weighted by Crippen LogP contribution is -2.46.